The fourth-order valence-electron chi connectivity index (χ4n) is 1.56. The minimum absolute atomic E-state index is 0.197. The highest BCUT2D eigenvalue weighted by Gasteiger charge is 2.20. The molecule has 1 atom stereocenters. The summed E-state index contributed by atoms with van der Waals surface area (Å²) in [6, 6.07) is 3.71. The van der Waals surface area contributed by atoms with E-state index in [4.69, 9.17) is 5.73 Å². The van der Waals surface area contributed by atoms with Crippen LogP contribution >= 0.6 is 0 Å². The number of β-amino-alcohol motifs (C(OH)–C–C–N with tert-alkyl or cyclic N) is 1. The molecule has 1 aliphatic rings. The zero-order valence-electron chi connectivity index (χ0n) is 7.35. The van der Waals surface area contributed by atoms with E-state index in [1.807, 2.05) is 6.07 Å². The first-order chi connectivity index (χ1) is 6.25. The van der Waals surface area contributed by atoms with E-state index in [9.17, 15) is 5.11 Å². The Morgan fingerprint density at radius 1 is 1.54 bits per heavy atom. The molecule has 0 bridgehead atoms. The SMILES string of the molecule is Nc1ccc(N2CCC(O)C2)cn1. The van der Waals surface area contributed by atoms with Gasteiger partial charge < -0.3 is 15.7 Å². The number of pyridine rings is 1. The summed E-state index contributed by atoms with van der Waals surface area (Å²) in [4.78, 5) is 6.11. The number of hydrogen-bond donors (Lipinski definition) is 2. The van der Waals surface area contributed by atoms with Gasteiger partial charge in [-0.05, 0) is 18.6 Å². The van der Waals surface area contributed by atoms with Crippen LogP contribution in [-0.2, 0) is 0 Å². The number of nitrogens with two attached hydrogens (primary N) is 1. The summed E-state index contributed by atoms with van der Waals surface area (Å²) in [6.07, 6.45) is 2.38. The summed E-state index contributed by atoms with van der Waals surface area (Å²) in [5.74, 6) is 0.531. The van der Waals surface area contributed by atoms with Gasteiger partial charge in [-0.15, -0.1) is 0 Å². The second kappa shape index (κ2) is 3.22. The molecule has 4 heteroatoms. The van der Waals surface area contributed by atoms with Crippen LogP contribution in [0.25, 0.3) is 0 Å². The molecule has 1 aliphatic heterocycles. The van der Waals surface area contributed by atoms with Crippen LogP contribution in [0.3, 0.4) is 0 Å². The second-order valence-electron chi connectivity index (χ2n) is 3.33. The van der Waals surface area contributed by atoms with Gasteiger partial charge in [0.15, 0.2) is 0 Å². The van der Waals surface area contributed by atoms with Gasteiger partial charge in [0.1, 0.15) is 5.82 Å². The molecule has 1 unspecified atom stereocenters. The molecule has 70 valence electrons. The van der Waals surface area contributed by atoms with Gasteiger partial charge in [-0.1, -0.05) is 0 Å². The molecule has 13 heavy (non-hydrogen) atoms. The monoisotopic (exact) mass is 179 g/mol. The van der Waals surface area contributed by atoms with E-state index in [0.29, 0.717) is 12.4 Å². The van der Waals surface area contributed by atoms with E-state index < -0.39 is 0 Å². The van der Waals surface area contributed by atoms with E-state index in [1.54, 1.807) is 12.3 Å². The van der Waals surface area contributed by atoms with E-state index in [-0.39, 0.29) is 6.10 Å². The van der Waals surface area contributed by atoms with Crippen LogP contribution in [0.1, 0.15) is 6.42 Å². The molecule has 0 spiro atoms. The van der Waals surface area contributed by atoms with Crippen molar-refractivity contribution < 1.29 is 5.11 Å². The Labute approximate surface area is 77.0 Å². The van der Waals surface area contributed by atoms with E-state index in [1.165, 1.54) is 0 Å². The van der Waals surface area contributed by atoms with Gasteiger partial charge in [0.25, 0.3) is 0 Å². The third-order valence-electron chi connectivity index (χ3n) is 2.30. The maximum absolute atomic E-state index is 9.33. The van der Waals surface area contributed by atoms with Gasteiger partial charge in [0.05, 0.1) is 18.0 Å². The molecular weight excluding hydrogens is 166 g/mol. The Morgan fingerprint density at radius 2 is 2.38 bits per heavy atom. The first-order valence-corrected chi connectivity index (χ1v) is 4.40. The maximum Gasteiger partial charge on any atom is 0.123 e. The van der Waals surface area contributed by atoms with Crippen molar-refractivity contribution in [3.05, 3.63) is 18.3 Å². The number of anilines is 2. The molecule has 1 saturated heterocycles. The first-order valence-electron chi connectivity index (χ1n) is 4.40. The Morgan fingerprint density at radius 3 is 2.92 bits per heavy atom. The van der Waals surface area contributed by atoms with Gasteiger partial charge in [-0.25, -0.2) is 4.98 Å². The lowest BCUT2D eigenvalue weighted by Crippen LogP contribution is -2.21. The molecule has 1 fully saturated rings. The summed E-state index contributed by atoms with van der Waals surface area (Å²) in [6.45, 7) is 1.60. The quantitative estimate of drug-likeness (QED) is 0.648. The molecule has 0 amide bonds. The van der Waals surface area contributed by atoms with Crippen LogP contribution in [0.4, 0.5) is 11.5 Å². The molecule has 1 aromatic heterocycles. The minimum atomic E-state index is -0.197. The molecule has 2 rings (SSSR count). The first kappa shape index (κ1) is 8.31. The lowest BCUT2D eigenvalue weighted by atomic mass is 10.3. The minimum Gasteiger partial charge on any atom is -0.391 e. The van der Waals surface area contributed by atoms with Gasteiger partial charge >= 0.3 is 0 Å². The van der Waals surface area contributed by atoms with Crippen LogP contribution in [0.15, 0.2) is 18.3 Å². The Bertz CT molecular complexity index is 285. The summed E-state index contributed by atoms with van der Waals surface area (Å²) < 4.78 is 0. The molecular formula is C9H13N3O. The number of aromatic nitrogens is 1. The molecule has 4 nitrogen and oxygen atoms in total. The highest BCUT2D eigenvalue weighted by molar-refractivity contribution is 5.48. The van der Waals surface area contributed by atoms with Crippen molar-refractivity contribution in [3.63, 3.8) is 0 Å². The molecule has 1 aromatic rings. The number of nitrogens with zero attached hydrogens (tertiary/aromatic N) is 2. The highest BCUT2D eigenvalue weighted by Crippen LogP contribution is 2.19. The van der Waals surface area contributed by atoms with Crippen LogP contribution in [0.5, 0.6) is 0 Å². The van der Waals surface area contributed by atoms with Crippen LogP contribution in [-0.4, -0.2) is 29.3 Å². The van der Waals surface area contributed by atoms with Crippen molar-refractivity contribution in [1.82, 2.24) is 4.98 Å². The van der Waals surface area contributed by atoms with Crippen molar-refractivity contribution in [3.8, 4) is 0 Å². The molecule has 0 saturated carbocycles. The lowest BCUT2D eigenvalue weighted by molar-refractivity contribution is 0.198. The average Bonchev–Trinajstić information content (AvgIpc) is 2.53. The summed E-state index contributed by atoms with van der Waals surface area (Å²) in [5, 5.41) is 9.33. The van der Waals surface area contributed by atoms with Gasteiger partial charge in [-0.3, -0.25) is 0 Å². The van der Waals surface area contributed by atoms with Crippen LogP contribution < -0.4 is 10.6 Å². The van der Waals surface area contributed by atoms with Crippen molar-refractivity contribution in [2.24, 2.45) is 0 Å². The Kier molecular flexibility index (Phi) is 2.06. The number of aliphatic hydroxyl groups is 1. The number of nitrogen functional groups attached to an aromatic ring is 1. The second-order valence-corrected chi connectivity index (χ2v) is 3.33. The zero-order valence-corrected chi connectivity index (χ0v) is 7.35. The van der Waals surface area contributed by atoms with Crippen molar-refractivity contribution in [1.29, 1.82) is 0 Å². The van der Waals surface area contributed by atoms with E-state index >= 15 is 0 Å². The van der Waals surface area contributed by atoms with Crippen molar-refractivity contribution >= 4 is 11.5 Å². The number of aliphatic hydroxyl groups excluding tert-OH is 1. The predicted molar refractivity (Wildman–Crippen MR) is 51.5 cm³/mol. The third kappa shape index (κ3) is 1.72. The van der Waals surface area contributed by atoms with Crippen molar-refractivity contribution in [2.75, 3.05) is 23.7 Å². The predicted octanol–water partition coefficient (Wildman–Crippen LogP) is 0.235. The van der Waals surface area contributed by atoms with Crippen LogP contribution in [0, 0.1) is 0 Å². The largest absolute Gasteiger partial charge is 0.391 e. The molecule has 0 radical (unpaired) electrons. The maximum atomic E-state index is 9.33. The summed E-state index contributed by atoms with van der Waals surface area (Å²) >= 11 is 0. The molecule has 3 N–H and O–H groups in total. The normalized spacial score (nSPS) is 22.2. The smallest absolute Gasteiger partial charge is 0.123 e. The molecule has 2 heterocycles. The Balaban J connectivity index is 2.13. The van der Waals surface area contributed by atoms with Gasteiger partial charge in [-0.2, -0.15) is 0 Å². The van der Waals surface area contributed by atoms with Gasteiger partial charge in [0, 0.05) is 13.1 Å². The lowest BCUT2D eigenvalue weighted by Gasteiger charge is -2.16. The van der Waals surface area contributed by atoms with E-state index in [2.05, 4.69) is 9.88 Å². The molecule has 0 aromatic carbocycles. The fourth-order valence-corrected chi connectivity index (χ4v) is 1.56. The number of hydrogen-bond acceptors (Lipinski definition) is 4. The average molecular weight is 179 g/mol. The topological polar surface area (TPSA) is 62.4 Å². The molecule has 0 aliphatic carbocycles. The standard InChI is InChI=1S/C9H13N3O/c10-9-2-1-7(5-11-9)12-4-3-8(13)6-12/h1-2,5,8,13H,3-4,6H2,(H2,10,11). The van der Waals surface area contributed by atoms with Crippen molar-refractivity contribution in [2.45, 2.75) is 12.5 Å². The zero-order chi connectivity index (χ0) is 9.26. The summed E-state index contributed by atoms with van der Waals surface area (Å²) in [7, 11) is 0. The highest BCUT2D eigenvalue weighted by atomic mass is 16.3. The third-order valence-corrected chi connectivity index (χ3v) is 2.30. The fraction of sp³-hybridized carbons (Fsp3) is 0.444. The van der Waals surface area contributed by atoms with E-state index in [0.717, 1.165) is 18.7 Å². The van der Waals surface area contributed by atoms with Crippen LogP contribution in [0.2, 0.25) is 0 Å². The summed E-state index contributed by atoms with van der Waals surface area (Å²) in [5.41, 5.74) is 6.51. The Hall–Kier alpha value is -1.29. The van der Waals surface area contributed by atoms with Gasteiger partial charge in [0.2, 0.25) is 0 Å². The number of rotatable bonds is 1.